The summed E-state index contributed by atoms with van der Waals surface area (Å²) in [6.45, 7) is 3.14. The van der Waals surface area contributed by atoms with E-state index in [1.165, 1.54) is 24.1 Å². The number of benzene rings is 1. The maximum Gasteiger partial charge on any atom is 0.161 e. The second kappa shape index (κ2) is 7.38. The molecule has 2 aromatic heterocycles. The molecule has 1 fully saturated rings. The Hall–Kier alpha value is -2.53. The van der Waals surface area contributed by atoms with Crippen LogP contribution in [-0.4, -0.2) is 42.2 Å². The van der Waals surface area contributed by atoms with Crippen molar-refractivity contribution in [2.24, 2.45) is 0 Å². The molecule has 1 N–H and O–H groups in total. The third-order valence-corrected chi connectivity index (χ3v) is 5.29. The molecule has 3 aromatic rings. The molecule has 0 unspecified atom stereocenters. The molecule has 1 saturated heterocycles. The van der Waals surface area contributed by atoms with Crippen LogP contribution in [0.4, 0.5) is 0 Å². The molecule has 136 valence electrons. The fourth-order valence-electron chi connectivity index (χ4n) is 3.84. The molecule has 0 radical (unpaired) electrons. The zero-order valence-corrected chi connectivity index (χ0v) is 15.4. The Morgan fingerprint density at radius 1 is 1.08 bits per heavy atom. The Bertz CT molecular complexity index is 849. The number of fused-ring (bicyclic) bond motifs is 1. The summed E-state index contributed by atoms with van der Waals surface area (Å²) >= 11 is 0. The molecule has 0 bridgehead atoms. The molecule has 5 heteroatoms. The fraction of sp³-hybridized carbons (Fsp3) is 0.381. The zero-order valence-electron chi connectivity index (χ0n) is 15.4. The van der Waals surface area contributed by atoms with Crippen LogP contribution in [0, 0.1) is 0 Å². The predicted molar refractivity (Wildman–Crippen MR) is 103 cm³/mol. The number of methoxy groups -OCH3 is 2. The summed E-state index contributed by atoms with van der Waals surface area (Å²) in [5.41, 5.74) is 4.78. The SMILES string of the molecule is COc1ccc(CN2CCC(c3cc4ncccc4[nH]3)CC2)cc1OC. The smallest absolute Gasteiger partial charge is 0.161 e. The summed E-state index contributed by atoms with van der Waals surface area (Å²) in [5.74, 6) is 2.17. The van der Waals surface area contributed by atoms with Gasteiger partial charge in [0, 0.05) is 24.4 Å². The van der Waals surface area contributed by atoms with E-state index < -0.39 is 0 Å². The first-order valence-corrected chi connectivity index (χ1v) is 9.13. The second-order valence-electron chi connectivity index (χ2n) is 6.90. The predicted octanol–water partition coefficient (Wildman–Crippen LogP) is 3.96. The van der Waals surface area contributed by atoms with Gasteiger partial charge in [-0.3, -0.25) is 9.88 Å². The maximum atomic E-state index is 5.42. The zero-order chi connectivity index (χ0) is 17.9. The van der Waals surface area contributed by atoms with Crippen molar-refractivity contribution in [1.82, 2.24) is 14.9 Å². The molecular formula is C21H25N3O2. The van der Waals surface area contributed by atoms with E-state index in [1.807, 2.05) is 18.3 Å². The summed E-state index contributed by atoms with van der Waals surface area (Å²) in [6, 6.07) is 12.5. The highest BCUT2D eigenvalue weighted by Crippen LogP contribution is 2.31. The van der Waals surface area contributed by atoms with Gasteiger partial charge in [-0.15, -0.1) is 0 Å². The van der Waals surface area contributed by atoms with Crippen LogP contribution in [0.5, 0.6) is 11.5 Å². The van der Waals surface area contributed by atoms with Crippen molar-refractivity contribution < 1.29 is 9.47 Å². The van der Waals surface area contributed by atoms with Gasteiger partial charge in [0.2, 0.25) is 0 Å². The second-order valence-corrected chi connectivity index (χ2v) is 6.90. The Balaban J connectivity index is 1.39. The molecule has 0 spiro atoms. The quantitative estimate of drug-likeness (QED) is 0.756. The van der Waals surface area contributed by atoms with E-state index in [-0.39, 0.29) is 0 Å². The van der Waals surface area contributed by atoms with Crippen molar-refractivity contribution in [2.45, 2.75) is 25.3 Å². The van der Waals surface area contributed by atoms with Crippen molar-refractivity contribution in [1.29, 1.82) is 0 Å². The van der Waals surface area contributed by atoms with Gasteiger partial charge in [0.1, 0.15) is 0 Å². The lowest BCUT2D eigenvalue weighted by atomic mass is 9.93. The van der Waals surface area contributed by atoms with Crippen molar-refractivity contribution in [3.8, 4) is 11.5 Å². The van der Waals surface area contributed by atoms with E-state index in [4.69, 9.17) is 9.47 Å². The largest absolute Gasteiger partial charge is 0.493 e. The number of piperidine rings is 1. The van der Waals surface area contributed by atoms with Gasteiger partial charge >= 0.3 is 0 Å². The Morgan fingerprint density at radius 2 is 1.88 bits per heavy atom. The van der Waals surface area contributed by atoms with Crippen LogP contribution < -0.4 is 9.47 Å². The maximum absolute atomic E-state index is 5.42. The van der Waals surface area contributed by atoms with Crippen molar-refractivity contribution in [3.63, 3.8) is 0 Å². The van der Waals surface area contributed by atoms with Crippen molar-refractivity contribution >= 4 is 11.0 Å². The lowest BCUT2D eigenvalue weighted by Gasteiger charge is -2.31. The first kappa shape index (κ1) is 16.9. The number of hydrogen-bond acceptors (Lipinski definition) is 4. The minimum atomic E-state index is 0.589. The average molecular weight is 351 g/mol. The molecule has 0 atom stereocenters. The normalized spacial score (nSPS) is 16.1. The lowest BCUT2D eigenvalue weighted by molar-refractivity contribution is 0.203. The number of nitrogens with zero attached hydrogens (tertiary/aromatic N) is 2. The molecule has 1 aromatic carbocycles. The molecule has 1 aliphatic rings. The van der Waals surface area contributed by atoms with E-state index in [1.54, 1.807) is 14.2 Å². The highest BCUT2D eigenvalue weighted by Gasteiger charge is 2.22. The van der Waals surface area contributed by atoms with Crippen molar-refractivity contribution in [2.75, 3.05) is 27.3 Å². The van der Waals surface area contributed by atoms with Crippen LogP contribution in [-0.2, 0) is 6.54 Å². The summed E-state index contributed by atoms with van der Waals surface area (Å²) < 4.78 is 10.7. The number of rotatable bonds is 5. The molecule has 0 saturated carbocycles. The number of ether oxygens (including phenoxy) is 2. The van der Waals surface area contributed by atoms with Gasteiger partial charge in [-0.1, -0.05) is 6.07 Å². The lowest BCUT2D eigenvalue weighted by Crippen LogP contribution is -2.32. The standard InChI is InChI=1S/C21H25N3O2/c1-25-20-6-5-15(12-21(20)26-2)14-24-10-7-16(8-11-24)18-13-19-17(23-18)4-3-9-22-19/h3-6,9,12-13,16,23H,7-8,10-11,14H2,1-2H3. The fourth-order valence-corrected chi connectivity index (χ4v) is 3.84. The third-order valence-electron chi connectivity index (χ3n) is 5.29. The molecule has 5 nitrogen and oxygen atoms in total. The molecular weight excluding hydrogens is 326 g/mol. The number of H-pyrrole nitrogens is 1. The van der Waals surface area contributed by atoms with E-state index in [2.05, 4.69) is 39.1 Å². The van der Waals surface area contributed by atoms with Crippen LogP contribution in [0.25, 0.3) is 11.0 Å². The highest BCUT2D eigenvalue weighted by molar-refractivity contribution is 5.75. The first-order valence-electron chi connectivity index (χ1n) is 9.13. The van der Waals surface area contributed by atoms with Crippen LogP contribution in [0.3, 0.4) is 0 Å². The van der Waals surface area contributed by atoms with Crippen LogP contribution in [0.2, 0.25) is 0 Å². The first-order chi connectivity index (χ1) is 12.8. The van der Waals surface area contributed by atoms with E-state index >= 15 is 0 Å². The minimum Gasteiger partial charge on any atom is -0.493 e. The Kier molecular flexibility index (Phi) is 4.80. The van der Waals surface area contributed by atoms with Crippen LogP contribution in [0.15, 0.2) is 42.6 Å². The number of hydrogen-bond donors (Lipinski definition) is 1. The third kappa shape index (κ3) is 3.40. The van der Waals surface area contributed by atoms with Gasteiger partial charge in [0.15, 0.2) is 11.5 Å². The van der Waals surface area contributed by atoms with Gasteiger partial charge in [0.25, 0.3) is 0 Å². The summed E-state index contributed by atoms with van der Waals surface area (Å²) in [5, 5.41) is 0. The minimum absolute atomic E-state index is 0.589. The monoisotopic (exact) mass is 351 g/mol. The summed E-state index contributed by atoms with van der Waals surface area (Å²) in [4.78, 5) is 10.5. The summed E-state index contributed by atoms with van der Waals surface area (Å²) in [7, 11) is 3.35. The number of aromatic nitrogens is 2. The molecule has 26 heavy (non-hydrogen) atoms. The Morgan fingerprint density at radius 3 is 2.62 bits per heavy atom. The van der Waals surface area contributed by atoms with Gasteiger partial charge in [0.05, 0.1) is 25.3 Å². The summed E-state index contributed by atoms with van der Waals surface area (Å²) in [6.07, 6.45) is 4.19. The molecule has 1 aliphatic heterocycles. The van der Waals surface area contributed by atoms with E-state index in [0.29, 0.717) is 5.92 Å². The van der Waals surface area contributed by atoms with Crippen LogP contribution >= 0.6 is 0 Å². The van der Waals surface area contributed by atoms with Gasteiger partial charge in [-0.25, -0.2) is 0 Å². The van der Waals surface area contributed by atoms with Gasteiger partial charge < -0.3 is 14.5 Å². The van der Waals surface area contributed by atoms with Gasteiger partial charge in [-0.05, 0) is 61.8 Å². The number of likely N-dealkylation sites (tertiary alicyclic amines) is 1. The van der Waals surface area contributed by atoms with E-state index in [9.17, 15) is 0 Å². The number of pyridine rings is 1. The topological polar surface area (TPSA) is 50.4 Å². The molecule has 4 rings (SSSR count). The van der Waals surface area contributed by atoms with Gasteiger partial charge in [-0.2, -0.15) is 0 Å². The van der Waals surface area contributed by atoms with Crippen LogP contribution in [0.1, 0.15) is 30.0 Å². The number of aromatic amines is 1. The molecule has 0 amide bonds. The highest BCUT2D eigenvalue weighted by atomic mass is 16.5. The molecule has 3 heterocycles. The Labute approximate surface area is 153 Å². The number of nitrogens with one attached hydrogen (secondary N) is 1. The average Bonchev–Trinajstić information content (AvgIpc) is 3.12. The van der Waals surface area contributed by atoms with E-state index in [0.717, 1.165) is 42.2 Å². The molecule has 0 aliphatic carbocycles. The van der Waals surface area contributed by atoms with Crippen molar-refractivity contribution in [3.05, 3.63) is 53.9 Å².